The van der Waals surface area contributed by atoms with Crippen LogP contribution in [0.4, 0.5) is 0 Å². The topological polar surface area (TPSA) is 98.9 Å². The molecule has 230 valence electrons. The van der Waals surface area contributed by atoms with Gasteiger partial charge in [-0.15, -0.1) is 11.8 Å². The zero-order valence-corrected chi connectivity index (χ0v) is 27.5. The fourth-order valence-electron chi connectivity index (χ4n) is 6.68. The normalized spacial score (nSPS) is 34.2. The molecule has 0 amide bonds. The number of ketones is 1. The molecule has 1 heterocycles. The van der Waals surface area contributed by atoms with E-state index < -0.39 is 11.0 Å². The molecule has 2 saturated carbocycles. The fourth-order valence-corrected chi connectivity index (χ4v) is 8.41. The van der Waals surface area contributed by atoms with Gasteiger partial charge in [-0.05, 0) is 80.5 Å². The molecule has 3 N–H and O–H groups in total. The van der Waals surface area contributed by atoms with Crippen molar-refractivity contribution in [1.82, 2.24) is 0 Å². The van der Waals surface area contributed by atoms with Gasteiger partial charge in [-0.1, -0.05) is 62.3 Å². The van der Waals surface area contributed by atoms with E-state index >= 15 is 0 Å². The Morgan fingerprint density at radius 3 is 2.27 bits per heavy atom. The molecule has 5 atom stereocenters. The molecule has 0 aromatic carbocycles. The van der Waals surface area contributed by atoms with Gasteiger partial charge in [-0.2, -0.15) is 0 Å². The Kier molecular flexibility index (Phi) is 10.9. The average Bonchev–Trinajstić information content (AvgIpc) is 2.83. The van der Waals surface area contributed by atoms with Crippen LogP contribution in [0, 0.1) is 34.5 Å². The van der Waals surface area contributed by atoms with Crippen LogP contribution in [0.15, 0.2) is 10.7 Å². The second-order valence-corrected chi connectivity index (χ2v) is 16.7. The van der Waals surface area contributed by atoms with Crippen molar-refractivity contribution in [2.45, 2.75) is 143 Å². The largest absolute Gasteiger partial charge is 0.511 e. The van der Waals surface area contributed by atoms with E-state index in [-0.39, 0.29) is 58.6 Å². The molecule has 0 aromatic rings. The maximum absolute atomic E-state index is 13.5. The smallest absolute Gasteiger partial charge is 0.348 e. The molecule has 1 aliphatic heterocycles. The lowest BCUT2D eigenvalue weighted by molar-refractivity contribution is -0.165. The lowest BCUT2D eigenvalue weighted by atomic mass is 9.68. The molecule has 3 aliphatic rings. The van der Waals surface area contributed by atoms with Gasteiger partial charge < -0.3 is 20.3 Å². The van der Waals surface area contributed by atoms with E-state index in [1.54, 1.807) is 0 Å². The number of nitrogens with two attached hydrogens (primary N) is 1. The Morgan fingerprint density at radius 2 is 1.75 bits per heavy atom. The van der Waals surface area contributed by atoms with Crippen LogP contribution in [0.25, 0.3) is 0 Å². The summed E-state index contributed by atoms with van der Waals surface area (Å²) in [4.78, 5) is 26.4. The molecule has 0 aromatic heterocycles. The number of esters is 1. The Hall–Kier alpha value is -1.05. The quantitative estimate of drug-likeness (QED) is 0.272. The van der Waals surface area contributed by atoms with Crippen molar-refractivity contribution in [3.05, 3.63) is 10.7 Å². The number of cyclic esters (lactones) is 1. The van der Waals surface area contributed by atoms with E-state index in [1.807, 2.05) is 20.8 Å². The number of Topliss-reactive ketones (excluding diaryl/α,β-unsaturated/α-hetero) is 1. The highest BCUT2D eigenvalue weighted by molar-refractivity contribution is 8.04. The summed E-state index contributed by atoms with van der Waals surface area (Å²) in [7, 11) is 0. The lowest BCUT2D eigenvalue weighted by Gasteiger charge is -2.46. The molecule has 0 saturated heterocycles. The third-order valence-electron chi connectivity index (χ3n) is 9.95. The maximum Gasteiger partial charge on any atom is 0.348 e. The van der Waals surface area contributed by atoms with Crippen LogP contribution in [0.2, 0.25) is 0 Å². The van der Waals surface area contributed by atoms with Crippen molar-refractivity contribution >= 4 is 23.5 Å². The summed E-state index contributed by atoms with van der Waals surface area (Å²) in [6.45, 7) is 19.0. The van der Waals surface area contributed by atoms with Gasteiger partial charge in [0.05, 0.1) is 6.10 Å². The van der Waals surface area contributed by atoms with Crippen molar-refractivity contribution in [2.24, 2.45) is 40.2 Å². The summed E-state index contributed by atoms with van der Waals surface area (Å²) < 4.78 is 12.5. The van der Waals surface area contributed by atoms with Gasteiger partial charge in [-0.3, -0.25) is 4.79 Å². The average molecular weight is 580 g/mol. The number of hydrogen-bond donors (Lipinski definition) is 2. The first kappa shape index (κ1) is 33.5. The maximum atomic E-state index is 13.5. The van der Waals surface area contributed by atoms with Crippen molar-refractivity contribution in [3.8, 4) is 0 Å². The Bertz CT molecular complexity index is 924. The third-order valence-corrected chi connectivity index (χ3v) is 11.4. The molecular weight excluding hydrogens is 522 g/mol. The van der Waals surface area contributed by atoms with Gasteiger partial charge in [0, 0.05) is 23.1 Å². The Balaban J connectivity index is 1.72. The summed E-state index contributed by atoms with van der Waals surface area (Å²) in [6.07, 6.45) is 8.23. The number of thioether (sulfide) groups is 1. The van der Waals surface area contributed by atoms with E-state index in [0.717, 1.165) is 51.4 Å². The molecule has 0 bridgehead atoms. The van der Waals surface area contributed by atoms with Crippen LogP contribution in [0.3, 0.4) is 0 Å². The highest BCUT2D eigenvalue weighted by Gasteiger charge is 2.48. The molecule has 7 heteroatoms. The fraction of sp³-hybridized carbons (Fsp3) is 0.879. The first-order chi connectivity index (χ1) is 18.4. The van der Waals surface area contributed by atoms with E-state index in [9.17, 15) is 14.7 Å². The summed E-state index contributed by atoms with van der Waals surface area (Å²) in [6, 6.07) is 0.321. The zero-order chi connectivity index (χ0) is 30.0. The number of ether oxygens (including phenoxy) is 2. The van der Waals surface area contributed by atoms with Gasteiger partial charge in [0.15, 0.2) is 5.78 Å². The zero-order valence-electron chi connectivity index (χ0n) is 26.7. The van der Waals surface area contributed by atoms with E-state index in [2.05, 4.69) is 41.5 Å². The number of hydrogen-bond acceptors (Lipinski definition) is 7. The SMILES string of the molecule is CC1CC(SC2=C(O)CC(CCC3CCC(N)CC3)(C(C)C)OC2=O)C(C(C)(C)C)CC1OCC(=O)C(C)(C)C. The monoisotopic (exact) mass is 579 g/mol. The second kappa shape index (κ2) is 13.1. The molecule has 5 unspecified atom stereocenters. The molecule has 6 nitrogen and oxygen atoms in total. The van der Waals surface area contributed by atoms with Gasteiger partial charge in [0.2, 0.25) is 0 Å². The number of aliphatic hydroxyl groups is 1. The van der Waals surface area contributed by atoms with Gasteiger partial charge in [0.25, 0.3) is 0 Å². The number of carbonyl (C=O) groups is 2. The molecule has 40 heavy (non-hydrogen) atoms. The van der Waals surface area contributed by atoms with Crippen molar-refractivity contribution < 1.29 is 24.2 Å². The molecule has 0 radical (unpaired) electrons. The van der Waals surface area contributed by atoms with Crippen LogP contribution in [-0.4, -0.2) is 46.5 Å². The summed E-state index contributed by atoms with van der Waals surface area (Å²) in [5, 5.41) is 11.5. The van der Waals surface area contributed by atoms with Gasteiger partial charge >= 0.3 is 5.97 Å². The highest BCUT2D eigenvalue weighted by Crippen LogP contribution is 2.50. The number of rotatable bonds is 9. The molecular formula is C33H57NO5S. The standard InChI is InChI=1S/C33H57NO5S/c1-20(2)33(15-14-22-10-12-23(34)13-11-22)18-25(35)29(30(37)39-33)40-27-16-21(3)26(17-24(27)31(4,5)6)38-19-28(36)32(7,8)9/h20-24,26-27,35H,10-19,34H2,1-9H3. The van der Waals surface area contributed by atoms with Crippen molar-refractivity contribution in [2.75, 3.05) is 6.61 Å². The predicted octanol–water partition coefficient (Wildman–Crippen LogP) is 7.59. The summed E-state index contributed by atoms with van der Waals surface area (Å²) in [5.41, 5.74) is 5.00. The minimum absolute atomic E-state index is 0.00353. The lowest BCUT2D eigenvalue weighted by Crippen LogP contribution is -2.46. The van der Waals surface area contributed by atoms with E-state index in [1.165, 1.54) is 11.8 Å². The van der Waals surface area contributed by atoms with E-state index in [4.69, 9.17) is 15.2 Å². The summed E-state index contributed by atoms with van der Waals surface area (Å²) >= 11 is 1.50. The molecule has 2 aliphatic carbocycles. The molecule has 2 fully saturated rings. The van der Waals surface area contributed by atoms with Crippen LogP contribution < -0.4 is 5.73 Å². The van der Waals surface area contributed by atoms with Crippen molar-refractivity contribution in [3.63, 3.8) is 0 Å². The molecule has 0 spiro atoms. The first-order valence-electron chi connectivity index (χ1n) is 15.7. The summed E-state index contributed by atoms with van der Waals surface area (Å²) in [5.74, 6) is 1.15. The minimum atomic E-state index is -0.660. The van der Waals surface area contributed by atoms with E-state index in [0.29, 0.717) is 23.3 Å². The third kappa shape index (κ3) is 8.28. The van der Waals surface area contributed by atoms with Crippen LogP contribution in [0.1, 0.15) is 120 Å². The Labute approximate surface area is 248 Å². The van der Waals surface area contributed by atoms with Crippen molar-refractivity contribution in [1.29, 1.82) is 0 Å². The predicted molar refractivity (Wildman–Crippen MR) is 164 cm³/mol. The first-order valence-corrected chi connectivity index (χ1v) is 16.5. The van der Waals surface area contributed by atoms with Gasteiger partial charge in [0.1, 0.15) is 22.9 Å². The highest BCUT2D eigenvalue weighted by atomic mass is 32.2. The number of aliphatic hydroxyl groups excluding tert-OH is 1. The molecule has 3 rings (SSSR count). The van der Waals surface area contributed by atoms with Gasteiger partial charge in [-0.25, -0.2) is 4.79 Å². The Morgan fingerprint density at radius 1 is 1.12 bits per heavy atom. The van der Waals surface area contributed by atoms with Crippen LogP contribution in [0.5, 0.6) is 0 Å². The van der Waals surface area contributed by atoms with Crippen LogP contribution >= 0.6 is 11.8 Å². The van der Waals surface area contributed by atoms with Crippen LogP contribution in [-0.2, 0) is 19.1 Å². The number of carbonyl (C=O) groups excluding carboxylic acids is 2. The minimum Gasteiger partial charge on any atom is -0.511 e. The second-order valence-electron chi connectivity index (χ2n) is 15.5.